The number of halogens is 1. The number of hydrogen-bond acceptors (Lipinski definition) is 5. The molecular weight excluding hydrogens is 427 g/mol. The van der Waals surface area contributed by atoms with Crippen LogP contribution in [0.25, 0.3) is 17.1 Å². The highest BCUT2D eigenvalue weighted by atomic mass is 32.2. The first-order valence-electron chi connectivity index (χ1n) is 10.8. The molecule has 1 aliphatic rings. The van der Waals surface area contributed by atoms with Gasteiger partial charge < -0.3 is 9.64 Å². The van der Waals surface area contributed by atoms with E-state index in [9.17, 15) is 9.18 Å². The van der Waals surface area contributed by atoms with Crippen LogP contribution in [0.5, 0.6) is 5.75 Å². The van der Waals surface area contributed by atoms with Crippen LogP contribution in [0, 0.1) is 5.82 Å². The molecule has 3 aromatic rings. The number of piperidine rings is 1. The molecule has 1 aromatic heterocycles. The van der Waals surface area contributed by atoms with Gasteiger partial charge in [0.2, 0.25) is 5.91 Å². The zero-order chi connectivity index (χ0) is 22.7. The van der Waals surface area contributed by atoms with Gasteiger partial charge in [0, 0.05) is 17.6 Å². The number of para-hydroxylation sites is 1. The first-order valence-corrected chi connectivity index (χ1v) is 11.8. The Morgan fingerprint density at radius 1 is 1.09 bits per heavy atom. The third-order valence-corrected chi connectivity index (χ3v) is 6.79. The standard InChI is InChI=1S/C24H27FN4O2S/c1-16-7-6-8-17(2)28(16)22(30)15-32-24-27-26-23(18-11-13-19(31-3)14-12-18)29(24)21-10-5-4-9-20(21)25/h4-5,9-14,16-17H,6-8,15H2,1-3H3/t16-,17+. The molecule has 0 N–H and O–H groups in total. The fourth-order valence-corrected chi connectivity index (χ4v) is 5.07. The third-order valence-electron chi connectivity index (χ3n) is 5.88. The number of carbonyl (C=O) groups excluding carboxylic acids is 1. The molecule has 0 radical (unpaired) electrons. The van der Waals surface area contributed by atoms with Crippen LogP contribution in [0.4, 0.5) is 4.39 Å². The maximum Gasteiger partial charge on any atom is 0.233 e. The molecule has 2 atom stereocenters. The average Bonchev–Trinajstić information content (AvgIpc) is 3.21. The molecule has 0 bridgehead atoms. The summed E-state index contributed by atoms with van der Waals surface area (Å²) in [6, 6.07) is 14.3. The molecule has 1 fully saturated rings. The molecule has 1 saturated heterocycles. The summed E-state index contributed by atoms with van der Waals surface area (Å²) in [6.07, 6.45) is 3.19. The molecule has 6 nitrogen and oxygen atoms in total. The predicted octanol–water partition coefficient (Wildman–Crippen LogP) is 4.96. The van der Waals surface area contributed by atoms with E-state index in [0.717, 1.165) is 30.6 Å². The Hall–Kier alpha value is -2.87. The second-order valence-corrected chi connectivity index (χ2v) is 8.98. The zero-order valence-electron chi connectivity index (χ0n) is 18.5. The fraction of sp³-hybridized carbons (Fsp3) is 0.375. The summed E-state index contributed by atoms with van der Waals surface area (Å²) in [5, 5.41) is 9.13. The minimum Gasteiger partial charge on any atom is -0.497 e. The van der Waals surface area contributed by atoms with Crippen molar-refractivity contribution in [3.8, 4) is 22.8 Å². The number of hydrogen-bond donors (Lipinski definition) is 0. The lowest BCUT2D eigenvalue weighted by molar-refractivity contribution is -0.134. The van der Waals surface area contributed by atoms with Crippen molar-refractivity contribution in [2.75, 3.05) is 12.9 Å². The molecule has 0 spiro atoms. The second kappa shape index (κ2) is 9.73. The molecular formula is C24H27FN4O2S. The summed E-state index contributed by atoms with van der Waals surface area (Å²) >= 11 is 1.29. The smallest absolute Gasteiger partial charge is 0.233 e. The highest BCUT2D eigenvalue weighted by Crippen LogP contribution is 2.31. The van der Waals surface area contributed by atoms with E-state index in [2.05, 4.69) is 24.0 Å². The summed E-state index contributed by atoms with van der Waals surface area (Å²) in [5.74, 6) is 1.14. The minimum absolute atomic E-state index is 0.0729. The Morgan fingerprint density at radius 3 is 2.44 bits per heavy atom. The van der Waals surface area contributed by atoms with Crippen molar-refractivity contribution < 1.29 is 13.9 Å². The molecule has 168 valence electrons. The van der Waals surface area contributed by atoms with Crippen molar-refractivity contribution in [1.29, 1.82) is 0 Å². The molecule has 1 amide bonds. The molecule has 0 unspecified atom stereocenters. The number of likely N-dealkylation sites (tertiary alicyclic amines) is 1. The van der Waals surface area contributed by atoms with Gasteiger partial charge in [0.25, 0.3) is 0 Å². The lowest BCUT2D eigenvalue weighted by Crippen LogP contribution is -2.48. The van der Waals surface area contributed by atoms with Gasteiger partial charge in [-0.15, -0.1) is 10.2 Å². The summed E-state index contributed by atoms with van der Waals surface area (Å²) in [7, 11) is 1.60. The minimum atomic E-state index is -0.381. The highest BCUT2D eigenvalue weighted by Gasteiger charge is 2.29. The van der Waals surface area contributed by atoms with Crippen LogP contribution in [-0.2, 0) is 4.79 Å². The van der Waals surface area contributed by atoms with Gasteiger partial charge >= 0.3 is 0 Å². The monoisotopic (exact) mass is 454 g/mol. The van der Waals surface area contributed by atoms with Crippen molar-refractivity contribution in [3.63, 3.8) is 0 Å². The topological polar surface area (TPSA) is 60.3 Å². The predicted molar refractivity (Wildman–Crippen MR) is 124 cm³/mol. The van der Waals surface area contributed by atoms with E-state index in [-0.39, 0.29) is 29.6 Å². The number of amides is 1. The van der Waals surface area contributed by atoms with E-state index in [1.54, 1.807) is 29.9 Å². The highest BCUT2D eigenvalue weighted by molar-refractivity contribution is 7.99. The van der Waals surface area contributed by atoms with Gasteiger partial charge in [-0.2, -0.15) is 0 Å². The van der Waals surface area contributed by atoms with Gasteiger partial charge in [-0.1, -0.05) is 23.9 Å². The van der Waals surface area contributed by atoms with Gasteiger partial charge in [-0.05, 0) is 69.5 Å². The largest absolute Gasteiger partial charge is 0.497 e. The molecule has 4 rings (SSSR count). The van der Waals surface area contributed by atoms with Crippen molar-refractivity contribution in [3.05, 3.63) is 54.3 Å². The molecule has 2 heterocycles. The Bertz CT molecular complexity index is 1080. The normalized spacial score (nSPS) is 18.6. The van der Waals surface area contributed by atoms with Crippen LogP contribution in [0.3, 0.4) is 0 Å². The summed E-state index contributed by atoms with van der Waals surface area (Å²) in [4.78, 5) is 15.0. The molecule has 8 heteroatoms. The first kappa shape index (κ1) is 22.3. The number of ether oxygens (including phenoxy) is 1. The number of benzene rings is 2. The molecule has 1 aliphatic heterocycles. The maximum atomic E-state index is 14.8. The summed E-state index contributed by atoms with van der Waals surface area (Å²) in [5.41, 5.74) is 1.12. The van der Waals surface area contributed by atoms with Gasteiger partial charge in [0.15, 0.2) is 11.0 Å². The van der Waals surface area contributed by atoms with Crippen molar-refractivity contribution in [1.82, 2.24) is 19.7 Å². The van der Waals surface area contributed by atoms with Crippen LogP contribution < -0.4 is 4.74 Å². The number of thioether (sulfide) groups is 1. The summed E-state index contributed by atoms with van der Waals surface area (Å²) in [6.45, 7) is 4.20. The van der Waals surface area contributed by atoms with Crippen LogP contribution in [0.2, 0.25) is 0 Å². The Labute approximate surface area is 191 Å². The van der Waals surface area contributed by atoms with Crippen LogP contribution in [0.15, 0.2) is 53.7 Å². The Balaban J connectivity index is 1.65. The lowest BCUT2D eigenvalue weighted by Gasteiger charge is -2.39. The van der Waals surface area contributed by atoms with E-state index in [1.165, 1.54) is 17.8 Å². The van der Waals surface area contributed by atoms with Gasteiger partial charge in [-0.3, -0.25) is 9.36 Å². The van der Waals surface area contributed by atoms with Crippen LogP contribution in [0.1, 0.15) is 33.1 Å². The number of methoxy groups -OCH3 is 1. The molecule has 0 aliphatic carbocycles. The lowest BCUT2D eigenvalue weighted by atomic mass is 9.98. The maximum absolute atomic E-state index is 14.8. The van der Waals surface area contributed by atoms with E-state index in [4.69, 9.17) is 4.74 Å². The number of nitrogens with zero attached hydrogens (tertiary/aromatic N) is 4. The quantitative estimate of drug-likeness (QED) is 0.493. The van der Waals surface area contributed by atoms with Crippen molar-refractivity contribution in [2.45, 2.75) is 50.4 Å². The van der Waals surface area contributed by atoms with E-state index < -0.39 is 0 Å². The SMILES string of the molecule is COc1ccc(-c2nnc(SCC(=O)N3[C@H](C)CCC[C@@H]3C)n2-c2ccccc2F)cc1. The first-order chi connectivity index (χ1) is 15.5. The fourth-order valence-electron chi connectivity index (χ4n) is 4.25. The number of carbonyl (C=O) groups is 1. The van der Waals surface area contributed by atoms with E-state index in [1.807, 2.05) is 29.2 Å². The average molecular weight is 455 g/mol. The van der Waals surface area contributed by atoms with Gasteiger partial charge in [0.05, 0.1) is 18.6 Å². The van der Waals surface area contributed by atoms with Crippen molar-refractivity contribution >= 4 is 17.7 Å². The molecule has 32 heavy (non-hydrogen) atoms. The van der Waals surface area contributed by atoms with Gasteiger partial charge in [0.1, 0.15) is 11.6 Å². The second-order valence-electron chi connectivity index (χ2n) is 8.04. The number of aromatic nitrogens is 3. The zero-order valence-corrected chi connectivity index (χ0v) is 19.3. The molecule has 0 saturated carbocycles. The van der Waals surface area contributed by atoms with Gasteiger partial charge in [-0.25, -0.2) is 4.39 Å². The number of rotatable bonds is 6. The molecule has 2 aromatic carbocycles. The Morgan fingerprint density at radius 2 is 1.78 bits per heavy atom. The van der Waals surface area contributed by atoms with Crippen molar-refractivity contribution in [2.24, 2.45) is 0 Å². The summed E-state index contributed by atoms with van der Waals surface area (Å²) < 4.78 is 21.7. The van der Waals surface area contributed by atoms with E-state index >= 15 is 0 Å². The van der Waals surface area contributed by atoms with E-state index in [0.29, 0.717) is 16.7 Å². The third kappa shape index (κ3) is 4.50. The van der Waals surface area contributed by atoms with Crippen LogP contribution >= 0.6 is 11.8 Å². The van der Waals surface area contributed by atoms with Crippen LogP contribution in [-0.4, -0.2) is 50.5 Å². The Kier molecular flexibility index (Phi) is 6.79.